The summed E-state index contributed by atoms with van der Waals surface area (Å²) in [7, 11) is 1.43. The van der Waals surface area contributed by atoms with E-state index in [4.69, 9.17) is 0 Å². The number of carbonyl (C=O) groups is 1. The van der Waals surface area contributed by atoms with E-state index in [2.05, 4.69) is 28.8 Å². The van der Waals surface area contributed by atoms with Crippen molar-refractivity contribution >= 4 is 5.97 Å². The minimum absolute atomic E-state index is 0.183. The average molecular weight is 228 g/mol. The second-order valence-corrected chi connectivity index (χ2v) is 4.52. The van der Waals surface area contributed by atoms with Gasteiger partial charge in [-0.1, -0.05) is 6.92 Å². The minimum atomic E-state index is -0.183. The Morgan fingerprint density at radius 2 is 2.12 bits per heavy atom. The van der Waals surface area contributed by atoms with Crippen molar-refractivity contribution < 1.29 is 9.53 Å². The number of nitrogens with one attached hydrogen (secondary N) is 1. The quantitative estimate of drug-likeness (QED) is 0.709. The maximum absolute atomic E-state index is 11.0. The summed E-state index contributed by atoms with van der Waals surface area (Å²) in [5.41, 5.74) is 0. The third-order valence-electron chi connectivity index (χ3n) is 3.58. The van der Waals surface area contributed by atoms with Crippen LogP contribution in [0.25, 0.3) is 0 Å². The average Bonchev–Trinajstić information content (AvgIpc) is 2.35. The molecule has 0 bridgehead atoms. The topological polar surface area (TPSA) is 41.6 Å². The van der Waals surface area contributed by atoms with Crippen LogP contribution in [0.1, 0.15) is 26.7 Å². The van der Waals surface area contributed by atoms with Crippen LogP contribution in [0.5, 0.6) is 0 Å². The smallest absolute Gasteiger partial charge is 0.319 e. The first-order chi connectivity index (χ1) is 7.67. The van der Waals surface area contributed by atoms with Crippen LogP contribution in [0.3, 0.4) is 0 Å². The van der Waals surface area contributed by atoms with Crippen molar-refractivity contribution in [2.45, 2.75) is 32.7 Å². The van der Waals surface area contributed by atoms with Crippen LogP contribution in [-0.2, 0) is 9.53 Å². The first kappa shape index (κ1) is 13.5. The Labute approximate surface area is 98.3 Å². The Hall–Kier alpha value is -0.610. The molecule has 1 aliphatic heterocycles. The number of rotatable bonds is 5. The molecule has 0 saturated carbocycles. The van der Waals surface area contributed by atoms with Crippen molar-refractivity contribution in [3.63, 3.8) is 0 Å². The van der Waals surface area contributed by atoms with Crippen LogP contribution in [0, 0.1) is 5.92 Å². The lowest BCUT2D eigenvalue weighted by molar-refractivity contribution is -0.139. The van der Waals surface area contributed by atoms with Crippen LogP contribution >= 0.6 is 0 Å². The van der Waals surface area contributed by atoms with Crippen molar-refractivity contribution in [2.24, 2.45) is 5.92 Å². The van der Waals surface area contributed by atoms with Crippen LogP contribution in [0.15, 0.2) is 0 Å². The summed E-state index contributed by atoms with van der Waals surface area (Å²) in [6, 6.07) is 0.401. The fourth-order valence-corrected chi connectivity index (χ4v) is 2.25. The second-order valence-electron chi connectivity index (χ2n) is 4.52. The van der Waals surface area contributed by atoms with E-state index in [0.717, 1.165) is 6.54 Å². The molecule has 1 fully saturated rings. The number of piperidine rings is 1. The fourth-order valence-electron chi connectivity index (χ4n) is 2.25. The molecule has 0 aromatic rings. The van der Waals surface area contributed by atoms with Gasteiger partial charge in [-0.2, -0.15) is 0 Å². The van der Waals surface area contributed by atoms with Crippen molar-refractivity contribution in [3.8, 4) is 0 Å². The van der Waals surface area contributed by atoms with Gasteiger partial charge in [0.05, 0.1) is 13.7 Å². The maximum atomic E-state index is 11.0. The molecule has 1 N–H and O–H groups in total. The lowest BCUT2D eigenvalue weighted by Gasteiger charge is -2.34. The molecule has 1 atom stereocenters. The number of carbonyl (C=O) groups excluding carboxylic acids is 1. The van der Waals surface area contributed by atoms with Gasteiger partial charge in [0, 0.05) is 6.04 Å². The van der Waals surface area contributed by atoms with Gasteiger partial charge >= 0.3 is 5.97 Å². The molecule has 0 spiro atoms. The van der Waals surface area contributed by atoms with E-state index >= 15 is 0 Å². The number of methoxy groups -OCH3 is 1. The number of nitrogens with zero attached hydrogens (tertiary/aromatic N) is 1. The number of esters is 1. The minimum Gasteiger partial charge on any atom is -0.468 e. The van der Waals surface area contributed by atoms with E-state index in [1.54, 1.807) is 0 Å². The van der Waals surface area contributed by atoms with Gasteiger partial charge in [0.2, 0.25) is 0 Å². The van der Waals surface area contributed by atoms with Gasteiger partial charge in [0.25, 0.3) is 0 Å². The highest BCUT2D eigenvalue weighted by atomic mass is 16.5. The molecule has 0 aromatic carbocycles. The molecule has 0 aromatic heterocycles. The molecular formula is C12H24N2O2. The number of likely N-dealkylation sites (tertiary alicyclic amines) is 1. The first-order valence-corrected chi connectivity index (χ1v) is 6.20. The predicted octanol–water partition coefficient (Wildman–Crippen LogP) is 0.869. The SMILES string of the molecule is CCN1CCC(C(C)NCC(=O)OC)CC1. The molecule has 1 heterocycles. The summed E-state index contributed by atoms with van der Waals surface area (Å²) < 4.78 is 4.61. The zero-order valence-corrected chi connectivity index (χ0v) is 10.7. The van der Waals surface area contributed by atoms with Crippen molar-refractivity contribution in [1.29, 1.82) is 0 Å². The van der Waals surface area contributed by atoms with Crippen LogP contribution < -0.4 is 5.32 Å². The van der Waals surface area contributed by atoms with Gasteiger partial charge in [-0.3, -0.25) is 4.79 Å². The molecule has 1 aliphatic rings. The molecule has 16 heavy (non-hydrogen) atoms. The fraction of sp³-hybridized carbons (Fsp3) is 0.917. The highest BCUT2D eigenvalue weighted by Crippen LogP contribution is 2.20. The molecule has 4 heteroatoms. The van der Waals surface area contributed by atoms with E-state index in [0.29, 0.717) is 18.5 Å². The van der Waals surface area contributed by atoms with Crippen molar-refractivity contribution in [3.05, 3.63) is 0 Å². The predicted molar refractivity (Wildman–Crippen MR) is 64.3 cm³/mol. The van der Waals surface area contributed by atoms with Gasteiger partial charge in [-0.25, -0.2) is 0 Å². The maximum Gasteiger partial charge on any atom is 0.319 e. The Kier molecular flexibility index (Phi) is 5.77. The lowest BCUT2D eigenvalue weighted by atomic mass is 9.90. The Bertz CT molecular complexity index is 213. The largest absolute Gasteiger partial charge is 0.468 e. The molecule has 1 unspecified atom stereocenters. The third-order valence-corrected chi connectivity index (χ3v) is 3.58. The summed E-state index contributed by atoms with van der Waals surface area (Å²) in [6.07, 6.45) is 2.45. The van der Waals surface area contributed by atoms with Gasteiger partial charge in [0.1, 0.15) is 0 Å². The van der Waals surface area contributed by atoms with Crippen LogP contribution in [0.4, 0.5) is 0 Å². The Morgan fingerprint density at radius 1 is 1.50 bits per heavy atom. The van der Waals surface area contributed by atoms with Gasteiger partial charge < -0.3 is 15.0 Å². The van der Waals surface area contributed by atoms with Crippen LogP contribution in [0.2, 0.25) is 0 Å². The molecular weight excluding hydrogens is 204 g/mol. The monoisotopic (exact) mass is 228 g/mol. The molecule has 1 rings (SSSR count). The summed E-state index contributed by atoms with van der Waals surface area (Å²) in [5.74, 6) is 0.505. The normalized spacial score (nSPS) is 20.7. The van der Waals surface area contributed by atoms with Gasteiger partial charge in [0.15, 0.2) is 0 Å². The summed E-state index contributed by atoms with van der Waals surface area (Å²) >= 11 is 0. The number of ether oxygens (including phenoxy) is 1. The van der Waals surface area contributed by atoms with Crippen molar-refractivity contribution in [2.75, 3.05) is 33.3 Å². The highest BCUT2D eigenvalue weighted by Gasteiger charge is 2.23. The Balaban J connectivity index is 2.22. The van der Waals surface area contributed by atoms with E-state index in [-0.39, 0.29) is 5.97 Å². The zero-order chi connectivity index (χ0) is 12.0. The third kappa shape index (κ3) is 4.10. The molecule has 94 valence electrons. The van der Waals surface area contributed by atoms with E-state index < -0.39 is 0 Å². The molecule has 0 amide bonds. The summed E-state index contributed by atoms with van der Waals surface area (Å²) in [4.78, 5) is 13.5. The molecule has 4 nitrogen and oxygen atoms in total. The van der Waals surface area contributed by atoms with Crippen molar-refractivity contribution in [1.82, 2.24) is 10.2 Å². The molecule has 0 radical (unpaired) electrons. The highest BCUT2D eigenvalue weighted by molar-refractivity contribution is 5.71. The summed E-state index contributed by atoms with van der Waals surface area (Å²) in [5, 5.41) is 3.24. The Morgan fingerprint density at radius 3 is 2.62 bits per heavy atom. The second kappa shape index (κ2) is 6.86. The number of hydrogen-bond acceptors (Lipinski definition) is 4. The molecule has 1 saturated heterocycles. The standard InChI is InChI=1S/C12H24N2O2/c1-4-14-7-5-11(6-8-14)10(2)13-9-12(15)16-3/h10-11,13H,4-9H2,1-3H3. The van der Waals surface area contributed by atoms with E-state index in [9.17, 15) is 4.79 Å². The van der Waals surface area contributed by atoms with Gasteiger partial charge in [-0.15, -0.1) is 0 Å². The van der Waals surface area contributed by atoms with E-state index in [1.165, 1.54) is 33.0 Å². The van der Waals surface area contributed by atoms with Crippen LogP contribution in [-0.4, -0.2) is 50.2 Å². The summed E-state index contributed by atoms with van der Waals surface area (Å²) in [6.45, 7) is 8.22. The van der Waals surface area contributed by atoms with E-state index in [1.807, 2.05) is 0 Å². The van der Waals surface area contributed by atoms with Gasteiger partial charge in [-0.05, 0) is 45.3 Å². The zero-order valence-electron chi connectivity index (χ0n) is 10.7. The number of hydrogen-bond donors (Lipinski definition) is 1. The first-order valence-electron chi connectivity index (χ1n) is 6.20. The lowest BCUT2D eigenvalue weighted by Crippen LogP contribution is -2.43. The molecule has 0 aliphatic carbocycles.